The van der Waals surface area contributed by atoms with Crippen molar-refractivity contribution in [1.29, 1.82) is 0 Å². The second kappa shape index (κ2) is 8.70. The lowest BCUT2D eigenvalue weighted by atomic mass is 9.81. The monoisotopic (exact) mass is 484 g/mol. The van der Waals surface area contributed by atoms with Crippen molar-refractivity contribution in [3.63, 3.8) is 0 Å². The fourth-order valence-electron chi connectivity index (χ4n) is 4.78. The molecule has 2 amide bonds. The molecule has 186 valence electrons. The molecule has 0 saturated heterocycles. The topological polar surface area (TPSA) is 67.9 Å². The largest absolute Gasteiger partial charge is 0.454 e. The number of rotatable bonds is 5. The third kappa shape index (κ3) is 4.32. The summed E-state index contributed by atoms with van der Waals surface area (Å²) in [6, 6.07) is 19.5. The highest BCUT2D eigenvalue weighted by atomic mass is 16.7. The molecule has 1 fully saturated rings. The molecule has 3 aromatic carbocycles. The van der Waals surface area contributed by atoms with Gasteiger partial charge in [-0.05, 0) is 76.9 Å². The Morgan fingerprint density at radius 2 is 1.58 bits per heavy atom. The van der Waals surface area contributed by atoms with Crippen LogP contribution in [0.15, 0.2) is 60.7 Å². The summed E-state index contributed by atoms with van der Waals surface area (Å²) in [6.45, 7) is 6.73. The highest BCUT2D eigenvalue weighted by molar-refractivity contribution is 6.02. The first-order valence-electron chi connectivity index (χ1n) is 12.3. The second-order valence-electron chi connectivity index (χ2n) is 10.9. The zero-order valence-corrected chi connectivity index (χ0v) is 21.5. The van der Waals surface area contributed by atoms with Crippen LogP contribution in [0.25, 0.3) is 11.1 Å². The summed E-state index contributed by atoms with van der Waals surface area (Å²) in [4.78, 5) is 27.4. The Hall–Kier alpha value is -3.80. The molecule has 2 aliphatic rings. The van der Waals surface area contributed by atoms with Crippen LogP contribution >= 0.6 is 0 Å². The third-order valence-electron chi connectivity index (χ3n) is 7.04. The predicted molar refractivity (Wildman–Crippen MR) is 141 cm³/mol. The summed E-state index contributed by atoms with van der Waals surface area (Å²) in [7, 11) is 3.49. The molecule has 6 nitrogen and oxygen atoms in total. The van der Waals surface area contributed by atoms with E-state index in [1.165, 1.54) is 5.56 Å². The Morgan fingerprint density at radius 3 is 2.22 bits per heavy atom. The molecule has 6 heteroatoms. The van der Waals surface area contributed by atoms with Gasteiger partial charge in [-0.15, -0.1) is 0 Å². The molecule has 0 radical (unpaired) electrons. The molecule has 1 N–H and O–H groups in total. The van der Waals surface area contributed by atoms with Crippen LogP contribution in [0.4, 0.5) is 5.69 Å². The van der Waals surface area contributed by atoms with Gasteiger partial charge in [-0.25, -0.2) is 0 Å². The molecule has 1 saturated carbocycles. The fraction of sp³-hybridized carbons (Fsp3) is 0.333. The van der Waals surface area contributed by atoms with Crippen molar-refractivity contribution in [3.8, 4) is 22.6 Å². The summed E-state index contributed by atoms with van der Waals surface area (Å²) in [5.41, 5.74) is 4.92. The lowest BCUT2D eigenvalue weighted by molar-refractivity contribution is -0.118. The van der Waals surface area contributed by atoms with Crippen molar-refractivity contribution in [1.82, 2.24) is 4.90 Å². The van der Waals surface area contributed by atoms with Crippen molar-refractivity contribution < 1.29 is 19.1 Å². The smallest absolute Gasteiger partial charge is 0.253 e. The Balaban J connectivity index is 1.44. The fourth-order valence-corrected chi connectivity index (χ4v) is 4.78. The molecule has 1 heterocycles. The summed E-state index contributed by atoms with van der Waals surface area (Å²) in [5.74, 6) is 1.37. The van der Waals surface area contributed by atoms with E-state index in [1.54, 1.807) is 19.0 Å². The molecule has 0 unspecified atom stereocenters. The van der Waals surface area contributed by atoms with E-state index in [9.17, 15) is 9.59 Å². The lowest BCUT2D eigenvalue weighted by Crippen LogP contribution is -2.28. The third-order valence-corrected chi connectivity index (χ3v) is 7.04. The minimum Gasteiger partial charge on any atom is -0.454 e. The molecule has 0 aromatic heterocycles. The van der Waals surface area contributed by atoms with E-state index >= 15 is 0 Å². The van der Waals surface area contributed by atoms with E-state index in [4.69, 9.17) is 9.47 Å². The van der Waals surface area contributed by atoms with E-state index in [0.29, 0.717) is 11.3 Å². The zero-order chi connectivity index (χ0) is 25.7. The number of fused-ring (bicyclic) bond motifs is 1. The van der Waals surface area contributed by atoms with Gasteiger partial charge in [0.15, 0.2) is 11.5 Å². The van der Waals surface area contributed by atoms with Crippen LogP contribution in [-0.2, 0) is 15.6 Å². The maximum absolute atomic E-state index is 13.5. The van der Waals surface area contributed by atoms with Gasteiger partial charge in [0.2, 0.25) is 12.7 Å². The number of ether oxygens (including phenoxy) is 2. The molecule has 1 aliphatic carbocycles. The Bertz CT molecular complexity index is 1330. The van der Waals surface area contributed by atoms with E-state index in [0.717, 1.165) is 41.0 Å². The normalized spacial score (nSPS) is 15.4. The van der Waals surface area contributed by atoms with Gasteiger partial charge in [-0.3, -0.25) is 9.59 Å². The van der Waals surface area contributed by atoms with Gasteiger partial charge in [0.25, 0.3) is 5.91 Å². The average molecular weight is 485 g/mol. The van der Waals surface area contributed by atoms with Crippen LogP contribution in [-0.4, -0.2) is 37.6 Å². The van der Waals surface area contributed by atoms with E-state index in [1.807, 2.05) is 54.6 Å². The number of nitrogens with one attached hydrogen (secondary N) is 1. The molecular formula is C30H32N2O4. The van der Waals surface area contributed by atoms with Crippen LogP contribution in [0.1, 0.15) is 55.1 Å². The number of amides is 2. The highest BCUT2D eigenvalue weighted by Crippen LogP contribution is 2.51. The van der Waals surface area contributed by atoms with Crippen LogP contribution in [0.2, 0.25) is 0 Å². The van der Waals surface area contributed by atoms with Crippen LogP contribution < -0.4 is 14.8 Å². The lowest BCUT2D eigenvalue weighted by Gasteiger charge is -2.25. The van der Waals surface area contributed by atoms with E-state index < -0.39 is 5.41 Å². The van der Waals surface area contributed by atoms with Gasteiger partial charge in [-0.2, -0.15) is 0 Å². The van der Waals surface area contributed by atoms with E-state index in [-0.39, 0.29) is 24.0 Å². The Morgan fingerprint density at radius 1 is 0.889 bits per heavy atom. The number of carbonyl (C=O) groups is 2. The number of benzene rings is 3. The van der Waals surface area contributed by atoms with E-state index in [2.05, 4.69) is 32.2 Å². The predicted octanol–water partition coefficient (Wildman–Crippen LogP) is 5.75. The summed E-state index contributed by atoms with van der Waals surface area (Å²) >= 11 is 0. The average Bonchev–Trinajstić information content (AvgIpc) is 3.53. The Kier molecular flexibility index (Phi) is 5.78. The minimum absolute atomic E-state index is 0.0113. The Labute approximate surface area is 212 Å². The van der Waals surface area contributed by atoms with Gasteiger partial charge in [0, 0.05) is 25.3 Å². The number of carbonyl (C=O) groups excluding carboxylic acids is 2. The van der Waals surface area contributed by atoms with Crippen molar-refractivity contribution in [2.75, 3.05) is 26.2 Å². The maximum atomic E-state index is 13.5. The van der Waals surface area contributed by atoms with Crippen molar-refractivity contribution in [2.24, 2.45) is 0 Å². The number of hydrogen-bond acceptors (Lipinski definition) is 4. The summed E-state index contributed by atoms with van der Waals surface area (Å²) in [5, 5.41) is 3.17. The molecule has 3 aromatic rings. The van der Waals surface area contributed by atoms with Crippen LogP contribution in [0.5, 0.6) is 11.5 Å². The first kappa shape index (κ1) is 23.9. The zero-order valence-electron chi connectivity index (χ0n) is 21.5. The molecule has 36 heavy (non-hydrogen) atoms. The van der Waals surface area contributed by atoms with Gasteiger partial charge in [-0.1, -0.05) is 45.0 Å². The molecule has 0 bridgehead atoms. The van der Waals surface area contributed by atoms with Crippen molar-refractivity contribution in [2.45, 2.75) is 44.4 Å². The van der Waals surface area contributed by atoms with Gasteiger partial charge < -0.3 is 19.7 Å². The van der Waals surface area contributed by atoms with Crippen molar-refractivity contribution in [3.05, 3.63) is 77.4 Å². The maximum Gasteiger partial charge on any atom is 0.253 e. The van der Waals surface area contributed by atoms with Gasteiger partial charge >= 0.3 is 0 Å². The van der Waals surface area contributed by atoms with Gasteiger partial charge in [0.1, 0.15) is 0 Å². The van der Waals surface area contributed by atoms with Crippen LogP contribution in [0.3, 0.4) is 0 Å². The first-order valence-corrected chi connectivity index (χ1v) is 12.3. The highest BCUT2D eigenvalue weighted by Gasteiger charge is 2.51. The van der Waals surface area contributed by atoms with Crippen molar-refractivity contribution >= 4 is 17.5 Å². The van der Waals surface area contributed by atoms with Crippen LogP contribution in [0, 0.1) is 0 Å². The first-order chi connectivity index (χ1) is 17.1. The summed E-state index contributed by atoms with van der Waals surface area (Å²) in [6.07, 6.45) is 1.60. The number of anilines is 1. The standard InChI is InChI=1S/C30H32N2O4/c1-29(2,3)24-12-11-22(17-23(24)19-6-8-20(9-7-19)27(33)32(4)5)31-28(34)30(14-15-30)21-10-13-25-26(16-21)36-18-35-25/h6-13,16-17H,14-15,18H2,1-5H3,(H,31,34). The second-order valence-corrected chi connectivity index (χ2v) is 10.9. The molecule has 1 aliphatic heterocycles. The SMILES string of the molecule is CN(C)C(=O)c1ccc(-c2cc(NC(=O)C3(c4ccc5c(c4)OCO5)CC3)ccc2C(C)(C)C)cc1. The quantitative estimate of drug-likeness (QED) is 0.501. The number of nitrogens with zero attached hydrogens (tertiary/aromatic N) is 1. The molecule has 0 atom stereocenters. The molecular weight excluding hydrogens is 452 g/mol. The summed E-state index contributed by atoms with van der Waals surface area (Å²) < 4.78 is 11.0. The molecule has 5 rings (SSSR count). The minimum atomic E-state index is -0.544. The van der Waals surface area contributed by atoms with Gasteiger partial charge in [0.05, 0.1) is 5.41 Å². The number of hydrogen-bond donors (Lipinski definition) is 1. The molecule has 0 spiro atoms.